The number of aryl methyl sites for hydroxylation is 1. The smallest absolute Gasteiger partial charge is 0.0181 e. The normalized spacial score (nSPS) is 28.7. The lowest BCUT2D eigenvalue weighted by molar-refractivity contribution is 0.168. The van der Waals surface area contributed by atoms with Crippen molar-refractivity contribution in [2.75, 3.05) is 0 Å². The Morgan fingerprint density at radius 1 is 0.864 bits per heavy atom. The summed E-state index contributed by atoms with van der Waals surface area (Å²) in [4.78, 5) is 0. The molecule has 2 bridgehead atoms. The summed E-state index contributed by atoms with van der Waals surface area (Å²) in [7, 11) is 0. The topological polar surface area (TPSA) is 0 Å². The van der Waals surface area contributed by atoms with Crippen LogP contribution < -0.4 is 0 Å². The minimum atomic E-state index is 0.616. The van der Waals surface area contributed by atoms with E-state index in [1.807, 2.05) is 0 Å². The standard InChI is InChI=1S/C22H22/c1-2-4-17(5-3-1)18-7-8-20-15-22(11-10-19(20)13-18)14-16-6-9-21(22)12-16/h1-8,13,21H,9-12,14-15H2. The van der Waals surface area contributed by atoms with Gasteiger partial charge >= 0.3 is 0 Å². The second-order valence-electron chi connectivity index (χ2n) is 7.56. The van der Waals surface area contributed by atoms with E-state index in [0.29, 0.717) is 5.41 Å². The van der Waals surface area contributed by atoms with E-state index >= 15 is 0 Å². The molecule has 2 atom stereocenters. The maximum absolute atomic E-state index is 2.52. The van der Waals surface area contributed by atoms with E-state index in [4.69, 9.17) is 0 Å². The van der Waals surface area contributed by atoms with Crippen molar-refractivity contribution in [1.29, 1.82) is 0 Å². The fraction of sp³-hybridized carbons (Fsp3) is 0.364. The zero-order valence-electron chi connectivity index (χ0n) is 13.0. The quantitative estimate of drug-likeness (QED) is 0.601. The summed E-state index contributed by atoms with van der Waals surface area (Å²) < 4.78 is 0. The highest BCUT2D eigenvalue weighted by Gasteiger charge is 2.48. The predicted molar refractivity (Wildman–Crippen MR) is 91.8 cm³/mol. The van der Waals surface area contributed by atoms with E-state index in [1.54, 1.807) is 16.7 Å². The number of fused-ring (bicyclic) bond motifs is 4. The summed E-state index contributed by atoms with van der Waals surface area (Å²) >= 11 is 0. The Hall–Kier alpha value is -1.82. The fourth-order valence-corrected chi connectivity index (χ4v) is 5.19. The van der Waals surface area contributed by atoms with Crippen molar-refractivity contribution >= 4 is 0 Å². The molecule has 1 spiro atoms. The molecule has 0 nitrogen and oxygen atoms in total. The molecular weight excluding hydrogens is 264 g/mol. The second kappa shape index (κ2) is 4.59. The highest BCUT2D eigenvalue weighted by Crippen LogP contribution is 2.58. The van der Waals surface area contributed by atoms with Crippen LogP contribution in [0.4, 0.5) is 0 Å². The van der Waals surface area contributed by atoms with E-state index in [1.165, 1.54) is 49.7 Å². The number of benzene rings is 2. The molecule has 0 aromatic heterocycles. The van der Waals surface area contributed by atoms with Gasteiger partial charge in [0.05, 0.1) is 0 Å². The van der Waals surface area contributed by atoms with E-state index in [9.17, 15) is 0 Å². The van der Waals surface area contributed by atoms with Gasteiger partial charge < -0.3 is 0 Å². The van der Waals surface area contributed by atoms with E-state index in [0.717, 1.165) is 5.92 Å². The number of allylic oxidation sites excluding steroid dienone is 2. The van der Waals surface area contributed by atoms with Crippen LogP contribution in [-0.2, 0) is 12.8 Å². The van der Waals surface area contributed by atoms with Crippen molar-refractivity contribution in [2.45, 2.75) is 38.5 Å². The number of hydrogen-bond acceptors (Lipinski definition) is 0. The Labute approximate surface area is 132 Å². The molecule has 3 aliphatic rings. The maximum Gasteiger partial charge on any atom is -0.0181 e. The average Bonchev–Trinajstić information content (AvgIpc) is 3.16. The van der Waals surface area contributed by atoms with Gasteiger partial charge in [0.15, 0.2) is 0 Å². The van der Waals surface area contributed by atoms with Crippen LogP contribution >= 0.6 is 0 Å². The summed E-state index contributed by atoms with van der Waals surface area (Å²) in [5.41, 5.74) is 8.32. The Morgan fingerprint density at radius 2 is 1.77 bits per heavy atom. The molecule has 110 valence electrons. The van der Waals surface area contributed by atoms with Gasteiger partial charge in [-0.05, 0) is 72.1 Å². The molecule has 0 amide bonds. The molecule has 2 aromatic rings. The van der Waals surface area contributed by atoms with E-state index in [-0.39, 0.29) is 0 Å². The third-order valence-electron chi connectivity index (χ3n) is 6.39. The first-order valence-corrected chi connectivity index (χ1v) is 8.68. The van der Waals surface area contributed by atoms with Crippen LogP contribution in [-0.4, -0.2) is 0 Å². The van der Waals surface area contributed by atoms with Crippen LogP contribution in [0.3, 0.4) is 0 Å². The summed E-state index contributed by atoms with van der Waals surface area (Å²) in [6.07, 6.45) is 10.7. The Bertz CT molecular complexity index is 753. The first kappa shape index (κ1) is 12.7. The molecule has 22 heavy (non-hydrogen) atoms. The van der Waals surface area contributed by atoms with Crippen molar-refractivity contribution < 1.29 is 0 Å². The summed E-state index contributed by atoms with van der Waals surface area (Å²) in [6, 6.07) is 18.0. The molecule has 0 heteroatoms. The second-order valence-corrected chi connectivity index (χ2v) is 7.56. The number of hydrogen-bond donors (Lipinski definition) is 0. The zero-order valence-corrected chi connectivity index (χ0v) is 13.0. The first-order chi connectivity index (χ1) is 10.8. The summed E-state index contributed by atoms with van der Waals surface area (Å²) in [6.45, 7) is 0. The van der Waals surface area contributed by atoms with Gasteiger partial charge in [-0.1, -0.05) is 60.2 Å². The Morgan fingerprint density at radius 3 is 2.55 bits per heavy atom. The first-order valence-electron chi connectivity index (χ1n) is 8.68. The molecule has 3 aliphatic carbocycles. The molecule has 0 saturated heterocycles. The van der Waals surface area contributed by atoms with Gasteiger partial charge in [-0.25, -0.2) is 0 Å². The lowest BCUT2D eigenvalue weighted by atomic mass is 9.64. The molecule has 1 fully saturated rings. The molecule has 2 unspecified atom stereocenters. The molecule has 1 saturated carbocycles. The molecular formula is C22H22. The lowest BCUT2D eigenvalue weighted by Gasteiger charge is -2.40. The third-order valence-corrected chi connectivity index (χ3v) is 6.39. The van der Waals surface area contributed by atoms with Gasteiger partial charge in [-0.3, -0.25) is 0 Å². The molecule has 0 N–H and O–H groups in total. The van der Waals surface area contributed by atoms with Crippen LogP contribution in [0.5, 0.6) is 0 Å². The molecule has 0 heterocycles. The monoisotopic (exact) mass is 286 g/mol. The Kier molecular flexibility index (Phi) is 2.65. The van der Waals surface area contributed by atoms with Gasteiger partial charge in [0, 0.05) is 0 Å². The van der Waals surface area contributed by atoms with Crippen LogP contribution in [0.2, 0.25) is 0 Å². The largest absolute Gasteiger partial charge is 0.0850 e. The van der Waals surface area contributed by atoms with Crippen LogP contribution in [0, 0.1) is 11.3 Å². The summed E-state index contributed by atoms with van der Waals surface area (Å²) in [5.74, 6) is 0.949. The van der Waals surface area contributed by atoms with Crippen LogP contribution in [0.1, 0.15) is 36.8 Å². The predicted octanol–water partition coefficient (Wildman–Crippen LogP) is 5.57. The highest BCUT2D eigenvalue weighted by atomic mass is 14.5. The Balaban J connectivity index is 1.49. The third kappa shape index (κ3) is 1.83. The van der Waals surface area contributed by atoms with Gasteiger partial charge in [0.2, 0.25) is 0 Å². The van der Waals surface area contributed by atoms with Gasteiger partial charge in [0.1, 0.15) is 0 Å². The SMILES string of the molecule is C1=C2CC(C1)C1(CCc3cc(-c4ccccc4)ccc3C1)C2. The highest BCUT2D eigenvalue weighted by molar-refractivity contribution is 5.65. The van der Waals surface area contributed by atoms with Crippen molar-refractivity contribution in [3.63, 3.8) is 0 Å². The molecule has 0 radical (unpaired) electrons. The fourth-order valence-electron chi connectivity index (χ4n) is 5.19. The molecule has 5 rings (SSSR count). The van der Waals surface area contributed by atoms with Crippen molar-refractivity contribution in [3.8, 4) is 11.1 Å². The van der Waals surface area contributed by atoms with Crippen molar-refractivity contribution in [2.24, 2.45) is 11.3 Å². The zero-order chi connectivity index (χ0) is 14.6. The number of rotatable bonds is 1. The van der Waals surface area contributed by atoms with Crippen molar-refractivity contribution in [3.05, 3.63) is 71.3 Å². The molecule has 0 aliphatic heterocycles. The van der Waals surface area contributed by atoms with Gasteiger partial charge in [0.25, 0.3) is 0 Å². The van der Waals surface area contributed by atoms with Crippen molar-refractivity contribution in [1.82, 2.24) is 0 Å². The van der Waals surface area contributed by atoms with Gasteiger partial charge in [-0.2, -0.15) is 0 Å². The average molecular weight is 286 g/mol. The van der Waals surface area contributed by atoms with Crippen LogP contribution in [0.25, 0.3) is 11.1 Å². The maximum atomic E-state index is 2.52. The van der Waals surface area contributed by atoms with E-state index in [2.05, 4.69) is 54.6 Å². The van der Waals surface area contributed by atoms with Gasteiger partial charge in [-0.15, -0.1) is 0 Å². The van der Waals surface area contributed by atoms with E-state index < -0.39 is 0 Å². The minimum absolute atomic E-state index is 0.616. The van der Waals surface area contributed by atoms with Crippen LogP contribution in [0.15, 0.2) is 60.2 Å². The summed E-state index contributed by atoms with van der Waals surface area (Å²) in [5, 5.41) is 0. The molecule has 2 aromatic carbocycles. The lowest BCUT2D eigenvalue weighted by Crippen LogP contribution is -2.33. The minimum Gasteiger partial charge on any atom is -0.0850 e.